The number of rotatable bonds is 4. The standard InChI is InChI=1S/C15H18N2O3/c1-9-7-13(11(3)20-9)10(2)17-14-8-12(5-6-16-14)15(18)19-4/h5-8,10H,1-4H3,(H,16,17). The molecule has 2 aromatic rings. The minimum absolute atomic E-state index is 0.0350. The van der Waals surface area contributed by atoms with Crippen molar-refractivity contribution < 1.29 is 13.9 Å². The van der Waals surface area contributed by atoms with Crippen molar-refractivity contribution in [2.75, 3.05) is 12.4 Å². The van der Waals surface area contributed by atoms with Gasteiger partial charge in [-0.3, -0.25) is 0 Å². The minimum atomic E-state index is -0.376. The zero-order valence-electron chi connectivity index (χ0n) is 12.1. The van der Waals surface area contributed by atoms with Crippen LogP contribution in [0.25, 0.3) is 0 Å². The van der Waals surface area contributed by atoms with E-state index >= 15 is 0 Å². The molecule has 0 aliphatic rings. The van der Waals surface area contributed by atoms with Crippen LogP contribution in [-0.4, -0.2) is 18.1 Å². The molecule has 2 heterocycles. The highest BCUT2D eigenvalue weighted by molar-refractivity contribution is 5.89. The number of carbonyl (C=O) groups excluding carboxylic acids is 1. The summed E-state index contributed by atoms with van der Waals surface area (Å²) in [6.07, 6.45) is 1.58. The van der Waals surface area contributed by atoms with Crippen molar-refractivity contribution in [2.45, 2.75) is 26.8 Å². The van der Waals surface area contributed by atoms with Crippen LogP contribution in [0.4, 0.5) is 5.82 Å². The quantitative estimate of drug-likeness (QED) is 0.867. The summed E-state index contributed by atoms with van der Waals surface area (Å²) in [6, 6.07) is 5.32. The van der Waals surface area contributed by atoms with Crippen molar-refractivity contribution >= 4 is 11.8 Å². The summed E-state index contributed by atoms with van der Waals surface area (Å²) in [5.74, 6) is 2.01. The van der Waals surface area contributed by atoms with Gasteiger partial charge in [-0.05, 0) is 39.0 Å². The van der Waals surface area contributed by atoms with Crippen LogP contribution < -0.4 is 5.32 Å². The zero-order chi connectivity index (χ0) is 14.7. The Morgan fingerprint density at radius 1 is 1.40 bits per heavy atom. The molecule has 0 aliphatic heterocycles. The van der Waals surface area contributed by atoms with Gasteiger partial charge in [-0.2, -0.15) is 0 Å². The molecule has 20 heavy (non-hydrogen) atoms. The molecular formula is C15H18N2O3. The number of ether oxygens (including phenoxy) is 1. The molecule has 1 unspecified atom stereocenters. The number of anilines is 1. The number of hydrogen-bond donors (Lipinski definition) is 1. The van der Waals surface area contributed by atoms with E-state index < -0.39 is 0 Å². The molecule has 0 aromatic carbocycles. The number of pyridine rings is 1. The topological polar surface area (TPSA) is 64.4 Å². The molecule has 0 radical (unpaired) electrons. The lowest BCUT2D eigenvalue weighted by Crippen LogP contribution is -2.09. The first-order valence-corrected chi connectivity index (χ1v) is 6.39. The second-order valence-corrected chi connectivity index (χ2v) is 4.66. The molecule has 0 spiro atoms. The molecule has 5 heteroatoms. The van der Waals surface area contributed by atoms with Crippen LogP contribution in [0.5, 0.6) is 0 Å². The fourth-order valence-electron chi connectivity index (χ4n) is 2.13. The highest BCUT2D eigenvalue weighted by atomic mass is 16.5. The summed E-state index contributed by atoms with van der Waals surface area (Å²) >= 11 is 0. The van der Waals surface area contributed by atoms with Crippen LogP contribution in [-0.2, 0) is 4.74 Å². The summed E-state index contributed by atoms with van der Waals surface area (Å²) in [5.41, 5.74) is 1.55. The Morgan fingerprint density at radius 2 is 2.15 bits per heavy atom. The van der Waals surface area contributed by atoms with Crippen LogP contribution in [0.1, 0.15) is 40.4 Å². The average Bonchev–Trinajstić information content (AvgIpc) is 2.77. The number of hydrogen-bond acceptors (Lipinski definition) is 5. The summed E-state index contributed by atoms with van der Waals surface area (Å²) in [4.78, 5) is 15.7. The van der Waals surface area contributed by atoms with E-state index in [0.29, 0.717) is 11.4 Å². The number of aryl methyl sites for hydroxylation is 2. The Kier molecular flexibility index (Phi) is 4.08. The Labute approximate surface area is 118 Å². The highest BCUT2D eigenvalue weighted by Gasteiger charge is 2.14. The van der Waals surface area contributed by atoms with E-state index in [0.717, 1.165) is 17.1 Å². The van der Waals surface area contributed by atoms with Gasteiger partial charge in [0.2, 0.25) is 0 Å². The average molecular weight is 274 g/mol. The fourth-order valence-corrected chi connectivity index (χ4v) is 2.13. The van der Waals surface area contributed by atoms with Crippen molar-refractivity contribution in [2.24, 2.45) is 0 Å². The maximum absolute atomic E-state index is 11.5. The molecular weight excluding hydrogens is 256 g/mol. The van der Waals surface area contributed by atoms with Crippen molar-refractivity contribution in [1.82, 2.24) is 4.98 Å². The van der Waals surface area contributed by atoms with Crippen LogP contribution >= 0.6 is 0 Å². The van der Waals surface area contributed by atoms with E-state index in [9.17, 15) is 4.79 Å². The van der Waals surface area contributed by atoms with Gasteiger partial charge in [0.1, 0.15) is 17.3 Å². The Morgan fingerprint density at radius 3 is 2.75 bits per heavy atom. The SMILES string of the molecule is COC(=O)c1ccnc(NC(C)c2cc(C)oc2C)c1. The van der Waals surface area contributed by atoms with Gasteiger partial charge in [-0.15, -0.1) is 0 Å². The van der Waals surface area contributed by atoms with E-state index in [1.54, 1.807) is 18.3 Å². The van der Waals surface area contributed by atoms with E-state index in [1.165, 1.54) is 7.11 Å². The molecule has 0 saturated carbocycles. The predicted molar refractivity (Wildman–Crippen MR) is 75.8 cm³/mol. The highest BCUT2D eigenvalue weighted by Crippen LogP contribution is 2.24. The molecule has 1 atom stereocenters. The maximum atomic E-state index is 11.5. The van der Waals surface area contributed by atoms with Gasteiger partial charge in [0.25, 0.3) is 0 Å². The first-order valence-electron chi connectivity index (χ1n) is 6.39. The van der Waals surface area contributed by atoms with Crippen molar-refractivity contribution in [3.8, 4) is 0 Å². The molecule has 2 aromatic heterocycles. The first kappa shape index (κ1) is 14.1. The van der Waals surface area contributed by atoms with Crippen molar-refractivity contribution in [1.29, 1.82) is 0 Å². The molecule has 0 aliphatic carbocycles. The second-order valence-electron chi connectivity index (χ2n) is 4.66. The second kappa shape index (κ2) is 5.77. The Balaban J connectivity index is 2.17. The molecule has 0 amide bonds. The lowest BCUT2D eigenvalue weighted by atomic mass is 10.1. The van der Waals surface area contributed by atoms with Crippen LogP contribution in [0.3, 0.4) is 0 Å². The van der Waals surface area contributed by atoms with Gasteiger partial charge in [0.15, 0.2) is 0 Å². The van der Waals surface area contributed by atoms with Crippen LogP contribution in [0.15, 0.2) is 28.8 Å². The third kappa shape index (κ3) is 2.99. The van der Waals surface area contributed by atoms with Gasteiger partial charge in [0.05, 0.1) is 18.7 Å². The summed E-state index contributed by atoms with van der Waals surface area (Å²) in [5, 5.41) is 3.25. The zero-order valence-corrected chi connectivity index (χ0v) is 12.1. The fraction of sp³-hybridized carbons (Fsp3) is 0.333. The molecule has 106 valence electrons. The number of esters is 1. The molecule has 1 N–H and O–H groups in total. The number of carbonyl (C=O) groups is 1. The summed E-state index contributed by atoms with van der Waals surface area (Å²) in [6.45, 7) is 5.86. The maximum Gasteiger partial charge on any atom is 0.338 e. The molecule has 2 rings (SSSR count). The smallest absolute Gasteiger partial charge is 0.338 e. The summed E-state index contributed by atoms with van der Waals surface area (Å²) in [7, 11) is 1.36. The van der Waals surface area contributed by atoms with Gasteiger partial charge in [-0.25, -0.2) is 9.78 Å². The normalized spacial score (nSPS) is 12.0. The largest absolute Gasteiger partial charge is 0.466 e. The number of nitrogens with zero attached hydrogens (tertiary/aromatic N) is 1. The number of aromatic nitrogens is 1. The molecule has 0 fully saturated rings. The van der Waals surface area contributed by atoms with E-state index in [1.807, 2.05) is 26.8 Å². The van der Waals surface area contributed by atoms with Crippen molar-refractivity contribution in [3.05, 3.63) is 47.0 Å². The number of nitrogens with one attached hydrogen (secondary N) is 1. The van der Waals surface area contributed by atoms with E-state index in [-0.39, 0.29) is 12.0 Å². The monoisotopic (exact) mass is 274 g/mol. The lowest BCUT2D eigenvalue weighted by molar-refractivity contribution is 0.0600. The van der Waals surface area contributed by atoms with Crippen LogP contribution in [0, 0.1) is 13.8 Å². The number of furan rings is 1. The third-order valence-corrected chi connectivity index (χ3v) is 3.09. The minimum Gasteiger partial charge on any atom is -0.466 e. The third-order valence-electron chi connectivity index (χ3n) is 3.09. The van der Waals surface area contributed by atoms with Crippen LogP contribution in [0.2, 0.25) is 0 Å². The predicted octanol–water partition coefficient (Wildman–Crippen LogP) is 3.25. The van der Waals surface area contributed by atoms with Gasteiger partial charge < -0.3 is 14.5 Å². The number of methoxy groups -OCH3 is 1. The van der Waals surface area contributed by atoms with Gasteiger partial charge >= 0.3 is 5.97 Å². The molecule has 0 bridgehead atoms. The Bertz CT molecular complexity index is 619. The van der Waals surface area contributed by atoms with Gasteiger partial charge in [0, 0.05) is 11.8 Å². The molecule has 0 saturated heterocycles. The van der Waals surface area contributed by atoms with E-state index in [4.69, 9.17) is 9.15 Å². The lowest BCUT2D eigenvalue weighted by Gasteiger charge is -2.14. The Hall–Kier alpha value is -2.30. The van der Waals surface area contributed by atoms with Gasteiger partial charge in [-0.1, -0.05) is 0 Å². The summed E-state index contributed by atoms with van der Waals surface area (Å²) < 4.78 is 10.2. The van der Waals surface area contributed by atoms with Crippen molar-refractivity contribution in [3.63, 3.8) is 0 Å². The molecule has 5 nitrogen and oxygen atoms in total. The van der Waals surface area contributed by atoms with E-state index in [2.05, 4.69) is 10.3 Å². The first-order chi connectivity index (χ1) is 9.51.